The lowest BCUT2D eigenvalue weighted by Gasteiger charge is -2.45. The van der Waals surface area contributed by atoms with E-state index in [9.17, 15) is 14.9 Å². The molecule has 196 valence electrons. The summed E-state index contributed by atoms with van der Waals surface area (Å²) in [5.74, 6) is 0.327. The summed E-state index contributed by atoms with van der Waals surface area (Å²) in [6.45, 7) is 4.05. The number of likely N-dealkylation sites (N-methyl/N-ethyl adjacent to an activating group) is 1. The zero-order valence-corrected chi connectivity index (χ0v) is 23.4. The van der Waals surface area contributed by atoms with Crippen LogP contribution in [0.1, 0.15) is 37.8 Å². The number of Topliss-reactive ketones (excluding diaryl/α,β-unsaturated/α-hetero) is 1. The lowest BCUT2D eigenvalue weighted by Crippen LogP contribution is -2.53. The van der Waals surface area contributed by atoms with Crippen molar-refractivity contribution in [2.75, 3.05) is 16.8 Å². The van der Waals surface area contributed by atoms with Gasteiger partial charge in [-0.05, 0) is 23.5 Å². The number of benzene rings is 2. The van der Waals surface area contributed by atoms with Crippen LogP contribution in [0.4, 0.5) is 10.8 Å². The van der Waals surface area contributed by atoms with Crippen molar-refractivity contribution in [3.8, 4) is 6.07 Å². The number of carbonyl (C=O) groups is 2. The predicted octanol–water partition coefficient (Wildman–Crippen LogP) is 4.90. The van der Waals surface area contributed by atoms with E-state index in [-0.39, 0.29) is 34.9 Å². The smallest absolute Gasteiger partial charge is 0.247 e. The van der Waals surface area contributed by atoms with Gasteiger partial charge in [-0.15, -0.1) is 10.2 Å². The maximum atomic E-state index is 14.1. The Bertz CT molecular complexity index is 1630. The highest BCUT2D eigenvalue weighted by Crippen LogP contribution is 2.58. The van der Waals surface area contributed by atoms with Gasteiger partial charge in [-0.1, -0.05) is 85.5 Å². The molecule has 1 aromatic heterocycles. The molecule has 3 aromatic rings. The van der Waals surface area contributed by atoms with Gasteiger partial charge in [0.05, 0.1) is 5.57 Å². The summed E-state index contributed by atoms with van der Waals surface area (Å²) in [7, 11) is 1.67. The number of hydrogen-bond donors (Lipinski definition) is 1. The molecule has 1 aliphatic carbocycles. The van der Waals surface area contributed by atoms with Crippen molar-refractivity contribution in [3.05, 3.63) is 88.4 Å². The van der Waals surface area contributed by atoms with E-state index in [2.05, 4.69) is 28.4 Å². The van der Waals surface area contributed by atoms with Crippen molar-refractivity contribution in [2.24, 2.45) is 11.1 Å². The number of nitriles is 1. The molecule has 1 spiro atoms. The Kier molecular flexibility index (Phi) is 5.90. The highest BCUT2D eigenvalue weighted by atomic mass is 32.2. The van der Waals surface area contributed by atoms with Crippen molar-refractivity contribution in [1.29, 1.82) is 5.26 Å². The number of nitrogens with two attached hydrogens (primary N) is 1. The van der Waals surface area contributed by atoms with Gasteiger partial charge >= 0.3 is 0 Å². The Morgan fingerprint density at radius 3 is 2.54 bits per heavy atom. The van der Waals surface area contributed by atoms with Gasteiger partial charge in [0.15, 0.2) is 10.1 Å². The molecule has 0 fully saturated rings. The lowest BCUT2D eigenvalue weighted by molar-refractivity contribution is -0.124. The number of ketones is 1. The van der Waals surface area contributed by atoms with Gasteiger partial charge in [-0.25, -0.2) is 0 Å². The largest absolute Gasteiger partial charge is 0.384 e. The Hall–Kier alpha value is -3.94. The second kappa shape index (κ2) is 9.07. The molecule has 0 saturated heterocycles. The standard InChI is InChI=1S/C29H26N6O2S2/c1-28(2)13-21-23(22(36)14-28)29(18-11-7-8-12-20(18)34(3)25(29)37)19(15-30)24(31)35(21)26-32-33-27(39-26)38-16-17-9-5-4-6-10-17/h4-12H,13-14,16,31H2,1-3H3/t29-/m0/s1. The average molecular weight is 555 g/mol. The van der Waals surface area contributed by atoms with Gasteiger partial charge in [0.25, 0.3) is 0 Å². The zero-order chi connectivity index (χ0) is 27.5. The first-order valence-corrected chi connectivity index (χ1v) is 14.3. The van der Waals surface area contributed by atoms with E-state index < -0.39 is 5.41 Å². The van der Waals surface area contributed by atoms with Crippen LogP contribution in [-0.4, -0.2) is 28.9 Å². The van der Waals surface area contributed by atoms with Crippen LogP contribution in [0.5, 0.6) is 0 Å². The zero-order valence-electron chi connectivity index (χ0n) is 21.8. The number of rotatable bonds is 4. The molecule has 1 atom stereocenters. The van der Waals surface area contributed by atoms with Crippen LogP contribution >= 0.6 is 23.1 Å². The van der Waals surface area contributed by atoms with Crippen molar-refractivity contribution in [1.82, 2.24) is 10.2 Å². The van der Waals surface area contributed by atoms with Crippen LogP contribution in [0.3, 0.4) is 0 Å². The fourth-order valence-corrected chi connectivity index (χ4v) is 7.79. The molecule has 8 nitrogen and oxygen atoms in total. The summed E-state index contributed by atoms with van der Waals surface area (Å²) in [4.78, 5) is 31.4. The van der Waals surface area contributed by atoms with Gasteiger partial charge in [0.2, 0.25) is 11.0 Å². The van der Waals surface area contributed by atoms with E-state index in [0.717, 1.165) is 15.7 Å². The van der Waals surface area contributed by atoms with Gasteiger partial charge in [-0.2, -0.15) is 5.26 Å². The van der Waals surface area contributed by atoms with Crippen molar-refractivity contribution < 1.29 is 9.59 Å². The van der Waals surface area contributed by atoms with Crippen LogP contribution in [0.2, 0.25) is 0 Å². The molecular weight excluding hydrogens is 528 g/mol. The topological polar surface area (TPSA) is 116 Å². The molecule has 39 heavy (non-hydrogen) atoms. The van der Waals surface area contributed by atoms with Gasteiger partial charge in [0.1, 0.15) is 17.3 Å². The summed E-state index contributed by atoms with van der Waals surface area (Å²) >= 11 is 2.91. The van der Waals surface area contributed by atoms with Crippen LogP contribution in [0, 0.1) is 16.7 Å². The molecule has 0 bridgehead atoms. The number of aromatic nitrogens is 2. The highest BCUT2D eigenvalue weighted by Gasteiger charge is 2.62. The predicted molar refractivity (Wildman–Crippen MR) is 152 cm³/mol. The number of carbonyl (C=O) groups excluding carboxylic acids is 2. The Labute approximate surface area is 234 Å². The van der Waals surface area contributed by atoms with Crippen LogP contribution in [0.25, 0.3) is 0 Å². The molecular formula is C29H26N6O2S2. The molecule has 0 unspecified atom stereocenters. The first kappa shape index (κ1) is 25.3. The molecule has 10 heteroatoms. The molecule has 2 N–H and O–H groups in total. The summed E-state index contributed by atoms with van der Waals surface area (Å²) < 4.78 is 0.742. The molecule has 0 saturated carbocycles. The molecule has 2 aliphatic heterocycles. The summed E-state index contributed by atoms with van der Waals surface area (Å²) in [5.41, 5.74) is 8.26. The molecule has 3 aliphatic rings. The normalized spacial score (nSPS) is 21.9. The number of anilines is 2. The van der Waals surface area contributed by atoms with E-state index in [1.165, 1.54) is 16.2 Å². The van der Waals surface area contributed by atoms with E-state index in [4.69, 9.17) is 5.73 Å². The lowest BCUT2D eigenvalue weighted by atomic mass is 9.61. The maximum Gasteiger partial charge on any atom is 0.247 e. The van der Waals surface area contributed by atoms with Crippen molar-refractivity contribution in [3.63, 3.8) is 0 Å². The van der Waals surface area contributed by atoms with Gasteiger partial charge < -0.3 is 10.6 Å². The minimum Gasteiger partial charge on any atom is -0.384 e. The van der Waals surface area contributed by atoms with Crippen LogP contribution in [0.15, 0.2) is 81.6 Å². The maximum absolute atomic E-state index is 14.1. The fourth-order valence-electron chi connectivity index (χ4n) is 5.95. The monoisotopic (exact) mass is 554 g/mol. The minimum atomic E-state index is -1.58. The summed E-state index contributed by atoms with van der Waals surface area (Å²) in [6, 6.07) is 19.6. The molecule has 1 amide bonds. The third kappa shape index (κ3) is 3.72. The van der Waals surface area contributed by atoms with Crippen LogP contribution < -0.4 is 15.5 Å². The number of amides is 1. The number of fused-ring (bicyclic) bond motifs is 3. The average Bonchev–Trinajstić information content (AvgIpc) is 3.46. The van der Waals surface area contributed by atoms with Crippen molar-refractivity contribution >= 4 is 45.6 Å². The molecule has 0 radical (unpaired) electrons. The number of allylic oxidation sites excluding steroid dienone is 1. The summed E-state index contributed by atoms with van der Waals surface area (Å²) in [6.07, 6.45) is 0.744. The first-order chi connectivity index (χ1) is 18.7. The van der Waals surface area contributed by atoms with Crippen LogP contribution in [-0.2, 0) is 20.8 Å². The quantitative estimate of drug-likeness (QED) is 0.453. The third-order valence-corrected chi connectivity index (χ3v) is 9.68. The molecule has 2 aromatic carbocycles. The number of thioether (sulfide) groups is 1. The van der Waals surface area contributed by atoms with Crippen molar-refractivity contribution in [2.45, 2.75) is 42.2 Å². The number of hydrogen-bond acceptors (Lipinski definition) is 9. The minimum absolute atomic E-state index is 0.0461. The summed E-state index contributed by atoms with van der Waals surface area (Å²) in [5, 5.41) is 19.8. The fraction of sp³-hybridized carbons (Fsp3) is 0.276. The third-order valence-electron chi connectivity index (χ3n) is 7.57. The van der Waals surface area contributed by atoms with Gasteiger partial charge in [-0.3, -0.25) is 14.5 Å². The highest BCUT2D eigenvalue weighted by molar-refractivity contribution is 8.00. The number of para-hydroxylation sites is 1. The van der Waals surface area contributed by atoms with E-state index >= 15 is 0 Å². The van der Waals surface area contributed by atoms with Gasteiger partial charge in [0, 0.05) is 41.7 Å². The Morgan fingerprint density at radius 1 is 1.08 bits per heavy atom. The van der Waals surface area contributed by atoms with E-state index in [1.807, 2.05) is 56.3 Å². The Morgan fingerprint density at radius 2 is 1.79 bits per heavy atom. The second-order valence-corrected chi connectivity index (χ2v) is 12.9. The Balaban J connectivity index is 1.53. The number of nitrogens with zero attached hydrogens (tertiary/aromatic N) is 5. The molecule has 6 rings (SSSR count). The van der Waals surface area contributed by atoms with E-state index in [0.29, 0.717) is 34.1 Å². The van der Waals surface area contributed by atoms with E-state index in [1.54, 1.807) is 23.7 Å². The first-order valence-electron chi connectivity index (χ1n) is 12.5. The second-order valence-electron chi connectivity index (χ2n) is 10.7. The SMILES string of the molecule is CN1C(=O)[C@]2(C(C#N)=C(N)N(c3nnc(SCc4ccccc4)s3)C3=C2C(=O)CC(C)(C)C3)c2ccccc21. The molecule has 3 heterocycles.